The lowest BCUT2D eigenvalue weighted by atomic mass is 9.92. The van der Waals surface area contributed by atoms with E-state index in [2.05, 4.69) is 15.2 Å². The fourth-order valence-corrected chi connectivity index (χ4v) is 2.76. The zero-order valence-electron chi connectivity index (χ0n) is 15.1. The van der Waals surface area contributed by atoms with E-state index in [1.807, 2.05) is 0 Å². The minimum absolute atomic E-state index is 0.119. The second-order valence-corrected chi connectivity index (χ2v) is 6.06. The van der Waals surface area contributed by atoms with Crippen LogP contribution in [0.25, 0.3) is 0 Å². The van der Waals surface area contributed by atoms with Crippen LogP contribution in [0.15, 0.2) is 53.6 Å². The number of nitrogens with zero attached hydrogens (tertiary/aromatic N) is 2. The van der Waals surface area contributed by atoms with E-state index in [-0.39, 0.29) is 11.3 Å². The highest BCUT2D eigenvalue weighted by atomic mass is 19.3. The number of amides is 3. The Morgan fingerprint density at radius 1 is 1.14 bits per heavy atom. The number of imide groups is 1. The molecule has 3 amide bonds. The minimum atomic E-state index is -3.01. The molecule has 28 heavy (non-hydrogen) atoms. The highest BCUT2D eigenvalue weighted by Gasteiger charge is 2.49. The Labute approximate surface area is 159 Å². The number of hydrogen-bond donors (Lipinski definition) is 1. The van der Waals surface area contributed by atoms with Crippen LogP contribution in [0.3, 0.4) is 0 Å². The van der Waals surface area contributed by atoms with Crippen molar-refractivity contribution in [1.82, 2.24) is 10.3 Å². The third kappa shape index (κ3) is 3.64. The lowest BCUT2D eigenvalue weighted by Gasteiger charge is -2.21. The number of hydrazone groups is 1. The van der Waals surface area contributed by atoms with Gasteiger partial charge in [0.25, 0.3) is 5.91 Å². The van der Waals surface area contributed by atoms with Gasteiger partial charge >= 0.3 is 12.6 Å². The Morgan fingerprint density at radius 3 is 2.46 bits per heavy atom. The van der Waals surface area contributed by atoms with E-state index >= 15 is 0 Å². The number of alkyl halides is 2. The first-order valence-corrected chi connectivity index (χ1v) is 8.24. The molecule has 1 saturated heterocycles. The average Bonchev–Trinajstić information content (AvgIpc) is 2.90. The van der Waals surface area contributed by atoms with Crippen LogP contribution in [-0.2, 0) is 10.3 Å². The topological polar surface area (TPSA) is 80.2 Å². The van der Waals surface area contributed by atoms with Gasteiger partial charge in [-0.05, 0) is 36.8 Å². The molecule has 2 aromatic rings. The average molecular weight is 389 g/mol. The summed E-state index contributed by atoms with van der Waals surface area (Å²) in [5.74, 6) is -0.118. The normalized spacial score (nSPS) is 19.4. The van der Waals surface area contributed by atoms with Gasteiger partial charge in [0.15, 0.2) is 0 Å². The van der Waals surface area contributed by atoms with Crippen molar-refractivity contribution >= 4 is 18.2 Å². The zero-order valence-corrected chi connectivity index (χ0v) is 15.1. The molecule has 0 aliphatic carbocycles. The molecule has 1 aliphatic heterocycles. The van der Waals surface area contributed by atoms with Gasteiger partial charge in [-0.15, -0.1) is 5.01 Å². The molecule has 2 aromatic carbocycles. The number of hydrogen-bond acceptors (Lipinski definition) is 5. The monoisotopic (exact) mass is 389 g/mol. The molecule has 0 saturated carbocycles. The van der Waals surface area contributed by atoms with Gasteiger partial charge in [-0.2, -0.15) is 13.9 Å². The quantitative estimate of drug-likeness (QED) is 0.608. The molecule has 3 rings (SSSR count). The molecule has 1 aliphatic rings. The predicted octanol–water partition coefficient (Wildman–Crippen LogP) is 3.10. The van der Waals surface area contributed by atoms with Gasteiger partial charge in [0.1, 0.15) is 17.0 Å². The number of carbonyl (C=O) groups is 2. The van der Waals surface area contributed by atoms with Gasteiger partial charge in [-0.1, -0.05) is 24.3 Å². The molecular weight excluding hydrogens is 372 g/mol. The van der Waals surface area contributed by atoms with Crippen molar-refractivity contribution in [3.05, 3.63) is 59.7 Å². The number of benzene rings is 2. The minimum Gasteiger partial charge on any atom is -0.497 e. The molecular formula is C19H17F2N3O4. The Kier molecular flexibility index (Phi) is 5.25. The van der Waals surface area contributed by atoms with Crippen LogP contribution in [0.4, 0.5) is 13.6 Å². The van der Waals surface area contributed by atoms with Crippen LogP contribution in [0.5, 0.6) is 11.5 Å². The van der Waals surface area contributed by atoms with E-state index < -0.39 is 24.1 Å². The van der Waals surface area contributed by atoms with Gasteiger partial charge in [-0.25, -0.2) is 4.79 Å². The van der Waals surface area contributed by atoms with Crippen LogP contribution < -0.4 is 14.8 Å². The molecule has 9 heteroatoms. The number of ether oxygens (including phenoxy) is 2. The van der Waals surface area contributed by atoms with E-state index in [1.54, 1.807) is 37.3 Å². The molecule has 0 bridgehead atoms. The van der Waals surface area contributed by atoms with Gasteiger partial charge in [0.05, 0.1) is 13.3 Å². The SMILES string of the molecule is COc1ccc([C@]2(C)NC(=O)N(/N=C\c3ccccc3OC(F)F)C2=O)cc1. The van der Waals surface area contributed by atoms with Crippen molar-refractivity contribution in [3.8, 4) is 11.5 Å². The van der Waals surface area contributed by atoms with Crippen LogP contribution in [0, 0.1) is 0 Å². The van der Waals surface area contributed by atoms with Crippen LogP contribution in [-0.4, -0.2) is 36.9 Å². The first-order chi connectivity index (χ1) is 13.3. The van der Waals surface area contributed by atoms with E-state index in [0.717, 1.165) is 6.21 Å². The Bertz CT molecular complexity index is 918. The maximum atomic E-state index is 12.8. The molecule has 0 aromatic heterocycles. The highest BCUT2D eigenvalue weighted by Crippen LogP contribution is 2.30. The molecule has 1 atom stereocenters. The van der Waals surface area contributed by atoms with E-state index in [4.69, 9.17) is 4.74 Å². The Morgan fingerprint density at radius 2 is 1.82 bits per heavy atom. The summed E-state index contributed by atoms with van der Waals surface area (Å²) >= 11 is 0. The number of nitrogens with one attached hydrogen (secondary N) is 1. The van der Waals surface area contributed by atoms with E-state index in [1.165, 1.54) is 25.3 Å². The van der Waals surface area contributed by atoms with Gasteiger partial charge in [0, 0.05) is 5.56 Å². The third-order valence-corrected chi connectivity index (χ3v) is 4.28. The first kappa shape index (κ1) is 19.3. The van der Waals surface area contributed by atoms with Crippen molar-refractivity contribution in [2.24, 2.45) is 5.10 Å². The summed E-state index contributed by atoms with van der Waals surface area (Å²) < 4.78 is 34.5. The summed E-state index contributed by atoms with van der Waals surface area (Å²) in [5.41, 5.74) is -0.577. The number of para-hydroxylation sites is 1. The fraction of sp³-hybridized carbons (Fsp3) is 0.211. The first-order valence-electron chi connectivity index (χ1n) is 8.24. The summed E-state index contributed by atoms with van der Waals surface area (Å²) in [5, 5.41) is 7.13. The van der Waals surface area contributed by atoms with E-state index in [0.29, 0.717) is 16.3 Å². The number of carbonyl (C=O) groups excluding carboxylic acids is 2. The van der Waals surface area contributed by atoms with Crippen molar-refractivity contribution in [2.45, 2.75) is 19.1 Å². The van der Waals surface area contributed by atoms with Gasteiger partial charge in [-0.3, -0.25) is 4.79 Å². The maximum absolute atomic E-state index is 12.8. The largest absolute Gasteiger partial charge is 0.497 e. The Hall–Kier alpha value is -3.49. The molecule has 0 radical (unpaired) electrons. The van der Waals surface area contributed by atoms with Crippen LogP contribution in [0.2, 0.25) is 0 Å². The lowest BCUT2D eigenvalue weighted by Crippen LogP contribution is -2.40. The summed E-state index contributed by atoms with van der Waals surface area (Å²) in [6.45, 7) is -1.46. The smallest absolute Gasteiger partial charge is 0.387 e. The second-order valence-electron chi connectivity index (χ2n) is 6.06. The summed E-state index contributed by atoms with van der Waals surface area (Å²) in [4.78, 5) is 25.1. The third-order valence-electron chi connectivity index (χ3n) is 4.28. The highest BCUT2D eigenvalue weighted by molar-refractivity contribution is 6.07. The zero-order chi connectivity index (χ0) is 20.3. The molecule has 1 fully saturated rings. The number of methoxy groups -OCH3 is 1. The van der Waals surface area contributed by atoms with Crippen molar-refractivity contribution in [2.75, 3.05) is 7.11 Å². The standard InChI is InChI=1S/C19H17F2N3O4/c1-19(13-7-9-14(27-2)10-8-13)16(25)24(18(26)23-19)22-11-12-5-3-4-6-15(12)28-17(20)21/h3-11,17H,1-2H3,(H,23,26)/b22-11-/t19-/m0/s1. The van der Waals surface area contributed by atoms with Gasteiger partial charge in [0.2, 0.25) is 0 Å². The van der Waals surface area contributed by atoms with Crippen LogP contribution in [0.1, 0.15) is 18.1 Å². The van der Waals surface area contributed by atoms with Gasteiger partial charge < -0.3 is 14.8 Å². The molecule has 1 N–H and O–H groups in total. The number of halogens is 2. The number of urea groups is 1. The second kappa shape index (κ2) is 7.63. The summed E-state index contributed by atoms with van der Waals surface area (Å²) in [6.07, 6.45) is 1.12. The Balaban J connectivity index is 1.85. The summed E-state index contributed by atoms with van der Waals surface area (Å²) in [6, 6.07) is 11.9. The summed E-state index contributed by atoms with van der Waals surface area (Å²) in [7, 11) is 1.52. The molecule has 146 valence electrons. The maximum Gasteiger partial charge on any atom is 0.387 e. The molecule has 0 unspecified atom stereocenters. The fourth-order valence-electron chi connectivity index (χ4n) is 2.76. The predicted molar refractivity (Wildman–Crippen MR) is 96.4 cm³/mol. The number of rotatable bonds is 6. The molecule has 7 nitrogen and oxygen atoms in total. The lowest BCUT2D eigenvalue weighted by molar-refractivity contribution is -0.131. The van der Waals surface area contributed by atoms with Crippen LogP contribution >= 0.6 is 0 Å². The van der Waals surface area contributed by atoms with Crippen molar-refractivity contribution in [3.63, 3.8) is 0 Å². The van der Waals surface area contributed by atoms with E-state index in [9.17, 15) is 18.4 Å². The molecule has 1 heterocycles. The van der Waals surface area contributed by atoms with Crippen molar-refractivity contribution < 1.29 is 27.8 Å². The van der Waals surface area contributed by atoms with Crippen molar-refractivity contribution in [1.29, 1.82) is 0 Å². The molecule has 0 spiro atoms.